The van der Waals surface area contributed by atoms with Crippen molar-refractivity contribution in [1.29, 1.82) is 0 Å². The van der Waals surface area contributed by atoms with Gasteiger partial charge in [0.25, 0.3) is 0 Å². The molecule has 2 saturated carbocycles. The molecule has 1 N–H and O–H groups in total. The van der Waals surface area contributed by atoms with Crippen LogP contribution in [0.3, 0.4) is 0 Å². The van der Waals surface area contributed by atoms with E-state index in [0.717, 1.165) is 30.2 Å². The van der Waals surface area contributed by atoms with E-state index in [1.54, 1.807) is 23.1 Å². The number of nitrogens with one attached hydrogen (secondary N) is 1. The third-order valence-electron chi connectivity index (χ3n) is 5.64. The number of nitrogens with zero attached hydrogens (tertiary/aromatic N) is 3. The summed E-state index contributed by atoms with van der Waals surface area (Å²) < 4.78 is 2.34. The Labute approximate surface area is 169 Å². The Kier molecular flexibility index (Phi) is 6.50. The molecule has 2 aliphatic rings. The van der Waals surface area contributed by atoms with E-state index in [0.29, 0.717) is 17.8 Å². The minimum Gasteiger partial charge on any atom is -0.353 e. The minimum absolute atomic E-state index is 0.130. The molecule has 27 heavy (non-hydrogen) atoms. The summed E-state index contributed by atoms with van der Waals surface area (Å²) in [5, 5.41) is 15.2. The van der Waals surface area contributed by atoms with Crippen molar-refractivity contribution >= 4 is 29.0 Å². The Balaban J connectivity index is 1.45. The highest BCUT2D eigenvalue weighted by Gasteiger charge is 2.24. The monoisotopic (exact) mass is 404 g/mol. The van der Waals surface area contributed by atoms with Crippen molar-refractivity contribution in [3.8, 4) is 0 Å². The van der Waals surface area contributed by atoms with Crippen LogP contribution >= 0.6 is 23.1 Å². The van der Waals surface area contributed by atoms with E-state index in [1.807, 2.05) is 0 Å². The summed E-state index contributed by atoms with van der Waals surface area (Å²) in [7, 11) is 0. The van der Waals surface area contributed by atoms with Gasteiger partial charge >= 0.3 is 0 Å². The van der Waals surface area contributed by atoms with Gasteiger partial charge in [0.1, 0.15) is 5.82 Å². The summed E-state index contributed by atoms with van der Waals surface area (Å²) in [6.45, 7) is 0. The fourth-order valence-corrected chi connectivity index (χ4v) is 5.81. The molecule has 5 nitrogen and oxygen atoms in total. The van der Waals surface area contributed by atoms with Crippen LogP contribution in [0.25, 0.3) is 0 Å². The molecule has 0 atom stereocenters. The largest absolute Gasteiger partial charge is 0.353 e. The SMILES string of the molecule is O=C(CSc1nnc(Cc2cccs2)n1C1CCCCC1)NC1CCCC1. The number of hydrogen-bond acceptors (Lipinski definition) is 5. The Hall–Kier alpha value is -1.34. The maximum atomic E-state index is 12.3. The summed E-state index contributed by atoms with van der Waals surface area (Å²) in [4.78, 5) is 13.7. The minimum atomic E-state index is 0.130. The van der Waals surface area contributed by atoms with Gasteiger partial charge in [-0.3, -0.25) is 4.79 Å². The fraction of sp³-hybridized carbons (Fsp3) is 0.650. The fourth-order valence-electron chi connectivity index (χ4n) is 4.27. The zero-order chi connectivity index (χ0) is 18.5. The number of hydrogen-bond donors (Lipinski definition) is 1. The van der Waals surface area contributed by atoms with E-state index < -0.39 is 0 Å². The summed E-state index contributed by atoms with van der Waals surface area (Å²) in [5.74, 6) is 1.60. The van der Waals surface area contributed by atoms with Crippen molar-refractivity contribution in [1.82, 2.24) is 20.1 Å². The second-order valence-electron chi connectivity index (χ2n) is 7.65. The molecule has 0 aromatic carbocycles. The molecule has 0 spiro atoms. The van der Waals surface area contributed by atoms with Crippen molar-refractivity contribution in [3.05, 3.63) is 28.2 Å². The van der Waals surface area contributed by atoms with E-state index in [-0.39, 0.29) is 5.91 Å². The number of aromatic nitrogens is 3. The molecule has 0 aliphatic heterocycles. The van der Waals surface area contributed by atoms with Crippen LogP contribution in [-0.2, 0) is 11.2 Å². The van der Waals surface area contributed by atoms with E-state index in [1.165, 1.54) is 49.8 Å². The topological polar surface area (TPSA) is 59.8 Å². The predicted molar refractivity (Wildman–Crippen MR) is 110 cm³/mol. The van der Waals surface area contributed by atoms with Gasteiger partial charge in [-0.15, -0.1) is 21.5 Å². The number of carbonyl (C=O) groups excluding carboxylic acids is 1. The van der Waals surface area contributed by atoms with Crippen LogP contribution < -0.4 is 5.32 Å². The lowest BCUT2D eigenvalue weighted by atomic mass is 9.95. The lowest BCUT2D eigenvalue weighted by molar-refractivity contribution is -0.119. The summed E-state index contributed by atoms with van der Waals surface area (Å²) in [6, 6.07) is 5.10. The average molecular weight is 405 g/mol. The van der Waals surface area contributed by atoms with Crippen LogP contribution in [0.5, 0.6) is 0 Å². The molecule has 2 heterocycles. The molecule has 0 unspecified atom stereocenters. The Morgan fingerprint density at radius 1 is 1.15 bits per heavy atom. The van der Waals surface area contributed by atoms with Gasteiger partial charge in [0.05, 0.1) is 5.75 Å². The summed E-state index contributed by atoms with van der Waals surface area (Å²) >= 11 is 3.31. The molecule has 2 aromatic rings. The van der Waals surface area contributed by atoms with E-state index in [4.69, 9.17) is 0 Å². The number of thiophene rings is 1. The second-order valence-corrected chi connectivity index (χ2v) is 9.63. The lowest BCUT2D eigenvalue weighted by Gasteiger charge is -2.25. The molecule has 0 radical (unpaired) electrons. The maximum absolute atomic E-state index is 12.3. The second kappa shape index (κ2) is 9.24. The van der Waals surface area contributed by atoms with Gasteiger partial charge in [-0.05, 0) is 37.1 Å². The van der Waals surface area contributed by atoms with E-state index in [2.05, 4.69) is 37.6 Å². The first-order valence-electron chi connectivity index (χ1n) is 10.2. The number of rotatable bonds is 7. The molecule has 1 amide bonds. The highest BCUT2D eigenvalue weighted by atomic mass is 32.2. The molecule has 0 bridgehead atoms. The molecular weight excluding hydrogens is 376 g/mol. The molecule has 4 rings (SSSR count). The first-order valence-corrected chi connectivity index (χ1v) is 12.0. The highest BCUT2D eigenvalue weighted by Crippen LogP contribution is 2.33. The van der Waals surface area contributed by atoms with Gasteiger partial charge in [-0.1, -0.05) is 49.9 Å². The molecular formula is C20H28N4OS2. The molecule has 0 saturated heterocycles. The zero-order valence-corrected chi connectivity index (χ0v) is 17.4. The van der Waals surface area contributed by atoms with Crippen molar-refractivity contribution in [3.63, 3.8) is 0 Å². The number of thioether (sulfide) groups is 1. The number of carbonyl (C=O) groups is 1. The average Bonchev–Trinajstić information content (AvgIpc) is 3.44. The lowest BCUT2D eigenvalue weighted by Crippen LogP contribution is -2.33. The van der Waals surface area contributed by atoms with E-state index >= 15 is 0 Å². The van der Waals surface area contributed by atoms with Gasteiger partial charge in [0.15, 0.2) is 5.16 Å². The quantitative estimate of drug-likeness (QED) is 0.686. The molecule has 2 aliphatic carbocycles. The van der Waals surface area contributed by atoms with Crippen LogP contribution in [0.2, 0.25) is 0 Å². The molecule has 7 heteroatoms. The van der Waals surface area contributed by atoms with Crippen LogP contribution in [0, 0.1) is 0 Å². The molecule has 146 valence electrons. The third-order valence-corrected chi connectivity index (χ3v) is 7.46. The maximum Gasteiger partial charge on any atom is 0.230 e. The summed E-state index contributed by atoms with van der Waals surface area (Å²) in [5.41, 5.74) is 0. The Morgan fingerprint density at radius 2 is 1.93 bits per heavy atom. The third kappa shape index (κ3) is 4.93. The van der Waals surface area contributed by atoms with Crippen LogP contribution in [0.1, 0.15) is 74.5 Å². The highest BCUT2D eigenvalue weighted by molar-refractivity contribution is 7.99. The predicted octanol–water partition coefficient (Wildman–Crippen LogP) is 4.59. The molecule has 2 aromatic heterocycles. The summed E-state index contributed by atoms with van der Waals surface area (Å²) in [6.07, 6.45) is 11.8. The van der Waals surface area contributed by atoms with Crippen molar-refractivity contribution in [2.45, 2.75) is 81.4 Å². The van der Waals surface area contributed by atoms with Gasteiger partial charge < -0.3 is 9.88 Å². The van der Waals surface area contributed by atoms with Gasteiger partial charge in [-0.2, -0.15) is 0 Å². The van der Waals surface area contributed by atoms with Crippen molar-refractivity contribution in [2.75, 3.05) is 5.75 Å². The molecule has 2 fully saturated rings. The van der Waals surface area contributed by atoms with Crippen molar-refractivity contribution in [2.24, 2.45) is 0 Å². The van der Waals surface area contributed by atoms with Gasteiger partial charge in [-0.25, -0.2) is 0 Å². The van der Waals surface area contributed by atoms with Crippen LogP contribution in [-0.4, -0.2) is 32.5 Å². The van der Waals surface area contributed by atoms with Crippen LogP contribution in [0.15, 0.2) is 22.7 Å². The normalized spacial score (nSPS) is 18.8. The smallest absolute Gasteiger partial charge is 0.230 e. The van der Waals surface area contributed by atoms with Crippen molar-refractivity contribution < 1.29 is 4.79 Å². The number of amides is 1. The van der Waals surface area contributed by atoms with E-state index in [9.17, 15) is 4.79 Å². The van der Waals surface area contributed by atoms with Gasteiger partial charge in [0, 0.05) is 23.4 Å². The first kappa shape index (κ1) is 19.0. The standard InChI is InChI=1S/C20H28N4OS2/c25-19(21-15-7-4-5-8-15)14-27-20-23-22-18(13-17-11-6-12-26-17)24(20)16-9-2-1-3-10-16/h6,11-12,15-16H,1-5,7-10,13-14H2,(H,21,25). The zero-order valence-electron chi connectivity index (χ0n) is 15.7. The van der Waals surface area contributed by atoms with Crippen LogP contribution in [0.4, 0.5) is 0 Å². The first-order chi connectivity index (χ1) is 13.3. The Bertz CT molecular complexity index is 731. The van der Waals surface area contributed by atoms with Gasteiger partial charge in [0.2, 0.25) is 5.91 Å². The Morgan fingerprint density at radius 3 is 2.67 bits per heavy atom.